The molecule has 96 valence electrons. The van der Waals surface area contributed by atoms with Crippen LogP contribution in [0, 0.1) is 18.8 Å². The van der Waals surface area contributed by atoms with Crippen LogP contribution < -0.4 is 5.32 Å². The van der Waals surface area contributed by atoms with Crippen LogP contribution in [0.25, 0.3) is 0 Å². The highest BCUT2D eigenvalue weighted by Gasteiger charge is 2.07. The molecule has 0 spiro atoms. The summed E-state index contributed by atoms with van der Waals surface area (Å²) >= 11 is 0. The first kappa shape index (κ1) is 14.2. The van der Waals surface area contributed by atoms with E-state index < -0.39 is 0 Å². The summed E-state index contributed by atoms with van der Waals surface area (Å²) in [5.41, 5.74) is 2.84. The van der Waals surface area contributed by atoms with E-state index in [1.54, 1.807) is 0 Å². The molecule has 1 atom stereocenters. The first-order valence-electron chi connectivity index (χ1n) is 6.88. The third-order valence-corrected chi connectivity index (χ3v) is 3.17. The lowest BCUT2D eigenvalue weighted by molar-refractivity contribution is 0.437. The Labute approximate surface area is 107 Å². The predicted molar refractivity (Wildman–Crippen MR) is 76.4 cm³/mol. The third kappa shape index (κ3) is 5.88. The van der Waals surface area contributed by atoms with Gasteiger partial charge in [0.25, 0.3) is 0 Å². The minimum absolute atomic E-state index is 0.742. The normalized spacial score (nSPS) is 13.0. The summed E-state index contributed by atoms with van der Waals surface area (Å²) in [4.78, 5) is 0. The van der Waals surface area contributed by atoms with E-state index in [1.807, 2.05) is 0 Å². The molecule has 0 aliphatic rings. The number of rotatable bonds is 7. The maximum absolute atomic E-state index is 3.57. The molecule has 1 unspecified atom stereocenters. The van der Waals surface area contributed by atoms with E-state index in [0.717, 1.165) is 24.9 Å². The largest absolute Gasteiger partial charge is 0.316 e. The average Bonchev–Trinajstić information content (AvgIpc) is 2.27. The predicted octanol–water partition coefficient (Wildman–Crippen LogP) is 3.81. The quantitative estimate of drug-likeness (QED) is 0.755. The number of hydrogen-bond acceptors (Lipinski definition) is 1. The van der Waals surface area contributed by atoms with E-state index in [1.165, 1.54) is 24.0 Å². The summed E-state index contributed by atoms with van der Waals surface area (Å²) < 4.78 is 0. The monoisotopic (exact) mass is 233 g/mol. The molecule has 17 heavy (non-hydrogen) atoms. The van der Waals surface area contributed by atoms with Gasteiger partial charge in [-0.15, -0.1) is 0 Å². The van der Waals surface area contributed by atoms with Crippen LogP contribution in [0.2, 0.25) is 0 Å². The van der Waals surface area contributed by atoms with Gasteiger partial charge in [-0.05, 0) is 43.8 Å². The second-order valence-corrected chi connectivity index (χ2v) is 5.52. The number of aryl methyl sites for hydroxylation is 1. The maximum Gasteiger partial charge on any atom is -0.00173 e. The van der Waals surface area contributed by atoms with Gasteiger partial charge in [0.15, 0.2) is 0 Å². The van der Waals surface area contributed by atoms with Crippen molar-refractivity contribution >= 4 is 0 Å². The van der Waals surface area contributed by atoms with Crippen LogP contribution in [-0.4, -0.2) is 13.1 Å². The van der Waals surface area contributed by atoms with Gasteiger partial charge in [-0.3, -0.25) is 0 Å². The van der Waals surface area contributed by atoms with Crippen molar-refractivity contribution in [3.8, 4) is 0 Å². The van der Waals surface area contributed by atoms with Crippen LogP contribution in [0.4, 0.5) is 0 Å². The topological polar surface area (TPSA) is 12.0 Å². The minimum atomic E-state index is 0.742. The molecule has 0 fully saturated rings. The molecular formula is C16H27N. The van der Waals surface area contributed by atoms with Crippen LogP contribution in [0.5, 0.6) is 0 Å². The van der Waals surface area contributed by atoms with E-state index in [4.69, 9.17) is 0 Å². The van der Waals surface area contributed by atoms with Crippen LogP contribution in [0.1, 0.15) is 38.3 Å². The fourth-order valence-electron chi connectivity index (χ4n) is 2.11. The second kappa shape index (κ2) is 7.50. The van der Waals surface area contributed by atoms with Crippen molar-refractivity contribution in [1.82, 2.24) is 5.32 Å². The van der Waals surface area contributed by atoms with Gasteiger partial charge in [-0.1, -0.05) is 57.0 Å². The lowest BCUT2D eigenvalue weighted by atomic mass is 9.96. The van der Waals surface area contributed by atoms with Crippen molar-refractivity contribution in [1.29, 1.82) is 0 Å². The molecule has 1 aromatic rings. The highest BCUT2D eigenvalue weighted by molar-refractivity contribution is 5.22. The molecule has 0 amide bonds. The van der Waals surface area contributed by atoms with Gasteiger partial charge in [0, 0.05) is 0 Å². The van der Waals surface area contributed by atoms with E-state index in [2.05, 4.69) is 57.3 Å². The Morgan fingerprint density at radius 2 is 1.94 bits per heavy atom. The fourth-order valence-corrected chi connectivity index (χ4v) is 2.11. The molecule has 0 saturated carbocycles. The first-order chi connectivity index (χ1) is 8.11. The van der Waals surface area contributed by atoms with Crippen LogP contribution in [0.3, 0.4) is 0 Å². The van der Waals surface area contributed by atoms with Crippen molar-refractivity contribution in [3.05, 3.63) is 35.4 Å². The highest BCUT2D eigenvalue weighted by atomic mass is 14.9. The molecule has 0 heterocycles. The van der Waals surface area contributed by atoms with Gasteiger partial charge in [0.05, 0.1) is 0 Å². The molecular weight excluding hydrogens is 206 g/mol. The summed E-state index contributed by atoms with van der Waals surface area (Å²) in [5.74, 6) is 1.50. The van der Waals surface area contributed by atoms with Gasteiger partial charge in [0.2, 0.25) is 0 Å². The van der Waals surface area contributed by atoms with Crippen LogP contribution in [-0.2, 0) is 6.42 Å². The second-order valence-electron chi connectivity index (χ2n) is 5.52. The summed E-state index contributed by atoms with van der Waals surface area (Å²) in [6.07, 6.45) is 2.45. The Bertz CT molecular complexity index is 317. The van der Waals surface area contributed by atoms with Gasteiger partial charge in [-0.25, -0.2) is 0 Å². The Hall–Kier alpha value is -0.820. The molecule has 1 N–H and O–H groups in total. The average molecular weight is 233 g/mol. The van der Waals surface area contributed by atoms with Crippen molar-refractivity contribution in [2.24, 2.45) is 11.8 Å². The molecule has 0 saturated heterocycles. The Morgan fingerprint density at radius 3 is 2.53 bits per heavy atom. The van der Waals surface area contributed by atoms with Gasteiger partial charge >= 0.3 is 0 Å². The maximum atomic E-state index is 3.57. The van der Waals surface area contributed by atoms with Gasteiger partial charge in [0.1, 0.15) is 0 Å². The number of hydrogen-bond donors (Lipinski definition) is 1. The molecule has 0 bridgehead atoms. The number of nitrogens with one attached hydrogen (secondary N) is 1. The molecule has 1 rings (SSSR count). The summed E-state index contributed by atoms with van der Waals surface area (Å²) in [6.45, 7) is 11.2. The zero-order valence-corrected chi connectivity index (χ0v) is 11.8. The molecule has 0 aromatic heterocycles. The third-order valence-electron chi connectivity index (χ3n) is 3.17. The van der Waals surface area contributed by atoms with Crippen molar-refractivity contribution < 1.29 is 0 Å². The zero-order valence-electron chi connectivity index (χ0n) is 11.8. The SMILES string of the molecule is CCC(CNCC(C)C)Cc1cccc(C)c1. The smallest absolute Gasteiger partial charge is 0.00173 e. The lowest BCUT2D eigenvalue weighted by Gasteiger charge is -2.17. The summed E-state index contributed by atoms with van der Waals surface area (Å²) in [6, 6.07) is 8.89. The van der Waals surface area contributed by atoms with Crippen molar-refractivity contribution in [3.63, 3.8) is 0 Å². The van der Waals surface area contributed by atoms with E-state index in [0.29, 0.717) is 0 Å². The van der Waals surface area contributed by atoms with Crippen LogP contribution >= 0.6 is 0 Å². The van der Waals surface area contributed by atoms with Gasteiger partial charge < -0.3 is 5.32 Å². The molecule has 0 aliphatic carbocycles. The molecule has 1 heteroatoms. The zero-order chi connectivity index (χ0) is 12.7. The van der Waals surface area contributed by atoms with E-state index in [-0.39, 0.29) is 0 Å². The summed E-state index contributed by atoms with van der Waals surface area (Å²) in [5, 5.41) is 3.57. The molecule has 1 aromatic carbocycles. The molecule has 1 nitrogen and oxygen atoms in total. The van der Waals surface area contributed by atoms with Crippen molar-refractivity contribution in [2.45, 2.75) is 40.5 Å². The highest BCUT2D eigenvalue weighted by Crippen LogP contribution is 2.13. The number of benzene rings is 1. The Balaban J connectivity index is 2.41. The minimum Gasteiger partial charge on any atom is -0.316 e. The first-order valence-corrected chi connectivity index (χ1v) is 6.88. The van der Waals surface area contributed by atoms with Gasteiger partial charge in [-0.2, -0.15) is 0 Å². The fraction of sp³-hybridized carbons (Fsp3) is 0.625. The molecule has 0 radical (unpaired) electrons. The Kier molecular flexibility index (Phi) is 6.28. The molecule has 0 aliphatic heterocycles. The standard InChI is InChI=1S/C16H27N/c1-5-15(12-17-11-13(2)3)10-16-8-6-7-14(4)9-16/h6-9,13,15,17H,5,10-12H2,1-4H3. The Morgan fingerprint density at radius 1 is 1.18 bits per heavy atom. The van der Waals surface area contributed by atoms with E-state index >= 15 is 0 Å². The van der Waals surface area contributed by atoms with E-state index in [9.17, 15) is 0 Å². The lowest BCUT2D eigenvalue weighted by Crippen LogP contribution is -2.27. The summed E-state index contributed by atoms with van der Waals surface area (Å²) in [7, 11) is 0. The van der Waals surface area contributed by atoms with Crippen molar-refractivity contribution in [2.75, 3.05) is 13.1 Å². The van der Waals surface area contributed by atoms with Crippen LogP contribution in [0.15, 0.2) is 24.3 Å².